The zero-order valence-electron chi connectivity index (χ0n) is 16.5. The van der Waals surface area contributed by atoms with Gasteiger partial charge in [0.25, 0.3) is 5.56 Å². The molecule has 0 saturated heterocycles. The largest absolute Gasteiger partial charge is 0.326 e. The highest BCUT2D eigenvalue weighted by Crippen LogP contribution is 2.17. The van der Waals surface area contributed by atoms with Gasteiger partial charge in [-0.05, 0) is 36.4 Å². The lowest BCUT2D eigenvalue weighted by Crippen LogP contribution is -2.29. The number of fused-ring (bicyclic) bond motifs is 3. The Morgan fingerprint density at radius 3 is 2.20 bits per heavy atom. The molecule has 0 saturated carbocycles. The molecule has 0 fully saturated rings. The molecule has 0 atom stereocenters. The monoisotopic (exact) mass is 404 g/mol. The van der Waals surface area contributed by atoms with Gasteiger partial charge in [0.1, 0.15) is 12.4 Å². The van der Waals surface area contributed by atoms with Crippen LogP contribution in [0, 0.1) is 0 Å². The first-order valence-electron chi connectivity index (χ1n) is 9.51. The number of carbonyl (C=O) groups is 2. The maximum absolute atomic E-state index is 13.0. The molecule has 9 nitrogen and oxygen atoms in total. The Labute approximate surface area is 171 Å². The molecule has 152 valence electrons. The highest BCUT2D eigenvalue weighted by molar-refractivity contribution is 5.93. The van der Waals surface area contributed by atoms with Crippen LogP contribution < -0.4 is 16.2 Å². The van der Waals surface area contributed by atoms with Gasteiger partial charge >= 0.3 is 0 Å². The molecule has 30 heavy (non-hydrogen) atoms. The van der Waals surface area contributed by atoms with Crippen molar-refractivity contribution in [2.45, 2.75) is 26.8 Å². The SMILES string of the molecule is CCc1nnc2c(=O)n(CC(=O)Nc3ccc(NC(C)=O)cc3)c3ccccc3n12. The number of anilines is 2. The van der Waals surface area contributed by atoms with Crippen molar-refractivity contribution >= 4 is 39.9 Å². The van der Waals surface area contributed by atoms with Crippen LogP contribution in [-0.4, -0.2) is 31.0 Å². The van der Waals surface area contributed by atoms with Crippen LogP contribution in [0.15, 0.2) is 53.3 Å². The van der Waals surface area contributed by atoms with Crippen LogP contribution in [0.25, 0.3) is 16.7 Å². The molecule has 0 spiro atoms. The van der Waals surface area contributed by atoms with Crippen molar-refractivity contribution < 1.29 is 9.59 Å². The van der Waals surface area contributed by atoms with Crippen molar-refractivity contribution in [2.75, 3.05) is 10.6 Å². The van der Waals surface area contributed by atoms with Gasteiger partial charge in [0, 0.05) is 24.7 Å². The number of nitrogens with one attached hydrogen (secondary N) is 2. The van der Waals surface area contributed by atoms with Gasteiger partial charge < -0.3 is 10.6 Å². The lowest BCUT2D eigenvalue weighted by molar-refractivity contribution is -0.117. The van der Waals surface area contributed by atoms with Crippen molar-refractivity contribution in [3.63, 3.8) is 0 Å². The van der Waals surface area contributed by atoms with Crippen LogP contribution in [0.5, 0.6) is 0 Å². The topological polar surface area (TPSA) is 110 Å². The van der Waals surface area contributed by atoms with E-state index in [9.17, 15) is 14.4 Å². The molecule has 0 bridgehead atoms. The molecular weight excluding hydrogens is 384 g/mol. The molecule has 9 heteroatoms. The highest BCUT2D eigenvalue weighted by atomic mass is 16.2. The van der Waals surface area contributed by atoms with Gasteiger partial charge in [0.2, 0.25) is 17.5 Å². The first-order chi connectivity index (χ1) is 14.5. The second kappa shape index (κ2) is 7.78. The normalized spacial score (nSPS) is 11.0. The molecule has 0 radical (unpaired) electrons. The minimum Gasteiger partial charge on any atom is -0.326 e. The summed E-state index contributed by atoms with van der Waals surface area (Å²) in [6, 6.07) is 14.1. The van der Waals surface area contributed by atoms with E-state index in [4.69, 9.17) is 0 Å². The quantitative estimate of drug-likeness (QED) is 0.530. The average molecular weight is 404 g/mol. The average Bonchev–Trinajstić information content (AvgIpc) is 3.17. The molecular formula is C21H20N6O3. The fourth-order valence-electron chi connectivity index (χ4n) is 3.39. The van der Waals surface area contributed by atoms with E-state index in [0.29, 0.717) is 29.1 Å². The van der Waals surface area contributed by atoms with Crippen LogP contribution in [-0.2, 0) is 22.6 Å². The van der Waals surface area contributed by atoms with Crippen molar-refractivity contribution in [2.24, 2.45) is 0 Å². The molecule has 0 aliphatic rings. The Balaban J connectivity index is 1.66. The highest BCUT2D eigenvalue weighted by Gasteiger charge is 2.17. The molecule has 2 aromatic heterocycles. The summed E-state index contributed by atoms with van der Waals surface area (Å²) in [5.41, 5.74) is 2.40. The van der Waals surface area contributed by atoms with Crippen molar-refractivity contribution in [3.8, 4) is 0 Å². The van der Waals surface area contributed by atoms with Gasteiger partial charge in [-0.2, -0.15) is 0 Å². The number of benzene rings is 2. The lowest BCUT2D eigenvalue weighted by Gasteiger charge is -2.13. The summed E-state index contributed by atoms with van der Waals surface area (Å²) >= 11 is 0. The van der Waals surface area contributed by atoms with Crippen LogP contribution >= 0.6 is 0 Å². The van der Waals surface area contributed by atoms with Crippen LogP contribution in [0.1, 0.15) is 19.7 Å². The van der Waals surface area contributed by atoms with Gasteiger partial charge in [-0.25, -0.2) is 0 Å². The van der Waals surface area contributed by atoms with E-state index in [1.807, 2.05) is 25.1 Å². The molecule has 4 rings (SSSR count). The number of aryl methyl sites for hydroxylation is 1. The molecule has 2 amide bonds. The van der Waals surface area contributed by atoms with Crippen molar-refractivity contribution in [1.29, 1.82) is 0 Å². The number of para-hydroxylation sites is 2. The van der Waals surface area contributed by atoms with E-state index in [1.165, 1.54) is 11.5 Å². The van der Waals surface area contributed by atoms with Crippen LogP contribution in [0.2, 0.25) is 0 Å². The van der Waals surface area contributed by atoms with Gasteiger partial charge in [0.05, 0.1) is 11.0 Å². The zero-order valence-corrected chi connectivity index (χ0v) is 16.5. The Morgan fingerprint density at radius 1 is 0.933 bits per heavy atom. The van der Waals surface area contributed by atoms with E-state index in [0.717, 1.165) is 5.52 Å². The number of amides is 2. The summed E-state index contributed by atoms with van der Waals surface area (Å²) in [6.45, 7) is 3.20. The van der Waals surface area contributed by atoms with Crippen LogP contribution in [0.4, 0.5) is 11.4 Å². The van der Waals surface area contributed by atoms with Gasteiger partial charge in [-0.15, -0.1) is 10.2 Å². The lowest BCUT2D eigenvalue weighted by atomic mass is 10.2. The van der Waals surface area contributed by atoms with E-state index in [2.05, 4.69) is 20.8 Å². The number of carbonyl (C=O) groups excluding carboxylic acids is 2. The molecule has 2 heterocycles. The first-order valence-corrected chi connectivity index (χ1v) is 9.51. The first kappa shape index (κ1) is 19.3. The summed E-state index contributed by atoms with van der Waals surface area (Å²) < 4.78 is 3.15. The van der Waals surface area contributed by atoms with Gasteiger partial charge in [0.15, 0.2) is 0 Å². The zero-order chi connectivity index (χ0) is 21.3. The van der Waals surface area contributed by atoms with Gasteiger partial charge in [-0.3, -0.25) is 23.4 Å². The number of rotatable bonds is 5. The smallest absolute Gasteiger partial charge is 0.297 e. The van der Waals surface area contributed by atoms with Crippen molar-refractivity contribution in [3.05, 3.63) is 64.7 Å². The second-order valence-electron chi connectivity index (χ2n) is 6.82. The van der Waals surface area contributed by atoms with E-state index in [1.54, 1.807) is 34.7 Å². The summed E-state index contributed by atoms with van der Waals surface area (Å²) in [6.07, 6.45) is 0.629. The number of hydrogen-bond acceptors (Lipinski definition) is 5. The molecule has 2 N–H and O–H groups in total. The third-order valence-corrected chi connectivity index (χ3v) is 4.69. The molecule has 2 aromatic carbocycles. The third-order valence-electron chi connectivity index (χ3n) is 4.69. The van der Waals surface area contributed by atoms with E-state index >= 15 is 0 Å². The molecule has 0 aliphatic heterocycles. The Morgan fingerprint density at radius 2 is 1.57 bits per heavy atom. The maximum atomic E-state index is 13.0. The molecule has 0 aliphatic carbocycles. The van der Waals surface area contributed by atoms with Crippen LogP contribution in [0.3, 0.4) is 0 Å². The van der Waals surface area contributed by atoms with Crippen molar-refractivity contribution in [1.82, 2.24) is 19.2 Å². The number of aromatic nitrogens is 4. The van der Waals surface area contributed by atoms with Gasteiger partial charge in [-0.1, -0.05) is 19.1 Å². The summed E-state index contributed by atoms with van der Waals surface area (Å²) in [7, 11) is 0. The standard InChI is InChI=1S/C21H20N6O3/c1-3-18-24-25-20-21(30)26(16-6-4-5-7-17(16)27(18)20)12-19(29)23-15-10-8-14(9-11-15)22-13(2)28/h4-11H,3,12H2,1-2H3,(H,22,28)(H,23,29). The number of nitrogens with zero attached hydrogens (tertiary/aromatic N) is 4. The summed E-state index contributed by atoms with van der Waals surface area (Å²) in [4.78, 5) is 36.8. The Bertz CT molecular complexity index is 1320. The Hall–Kier alpha value is -4.01. The molecule has 0 unspecified atom stereocenters. The maximum Gasteiger partial charge on any atom is 0.297 e. The minimum absolute atomic E-state index is 0.169. The molecule has 4 aromatic rings. The fraction of sp³-hybridized carbons (Fsp3) is 0.190. The predicted molar refractivity (Wildman–Crippen MR) is 114 cm³/mol. The summed E-state index contributed by atoms with van der Waals surface area (Å²) in [5, 5.41) is 13.6. The third kappa shape index (κ3) is 3.52. The number of hydrogen-bond donors (Lipinski definition) is 2. The fourth-order valence-corrected chi connectivity index (χ4v) is 3.39. The summed E-state index contributed by atoms with van der Waals surface area (Å²) in [5.74, 6) is 0.163. The minimum atomic E-state index is -0.378. The second-order valence-corrected chi connectivity index (χ2v) is 6.82. The predicted octanol–water partition coefficient (Wildman–Crippen LogP) is 2.20. The van der Waals surface area contributed by atoms with E-state index in [-0.39, 0.29) is 29.6 Å². The van der Waals surface area contributed by atoms with E-state index < -0.39 is 0 Å². The Kier molecular flexibility index (Phi) is 5.01.